The monoisotopic (exact) mass is 280 g/mol. The van der Waals surface area contributed by atoms with Crippen molar-refractivity contribution in [3.63, 3.8) is 0 Å². The van der Waals surface area contributed by atoms with Crippen molar-refractivity contribution < 1.29 is 14.6 Å². The average Bonchev–Trinajstić information content (AvgIpc) is 2.85. The van der Waals surface area contributed by atoms with Crippen LogP contribution in [0, 0.1) is 0 Å². The van der Waals surface area contributed by atoms with E-state index in [0.717, 1.165) is 23.0 Å². The van der Waals surface area contributed by atoms with Gasteiger partial charge < -0.3 is 9.84 Å². The van der Waals surface area contributed by atoms with E-state index in [1.165, 1.54) is 4.68 Å². The van der Waals surface area contributed by atoms with Crippen molar-refractivity contribution in [2.75, 3.05) is 12.9 Å². The van der Waals surface area contributed by atoms with Gasteiger partial charge in [0.25, 0.3) is 0 Å². The molecular weight excluding hydrogens is 268 g/mol. The van der Waals surface area contributed by atoms with E-state index in [4.69, 9.17) is 9.84 Å². The quantitative estimate of drug-likeness (QED) is 0.789. The highest BCUT2D eigenvalue weighted by molar-refractivity contribution is 7.99. The van der Waals surface area contributed by atoms with Crippen LogP contribution in [-0.4, -0.2) is 44.1 Å². The number of thioether (sulfide) groups is 1. The molecule has 2 rings (SSSR count). The van der Waals surface area contributed by atoms with Crippen LogP contribution < -0.4 is 0 Å². The predicted molar refractivity (Wildman–Crippen MR) is 68.2 cm³/mol. The Morgan fingerprint density at radius 1 is 1.47 bits per heavy atom. The van der Waals surface area contributed by atoms with E-state index in [0.29, 0.717) is 11.8 Å². The molecule has 2 aromatic rings. The van der Waals surface area contributed by atoms with Crippen LogP contribution in [0.25, 0.3) is 5.69 Å². The molecule has 0 saturated heterocycles. The van der Waals surface area contributed by atoms with Gasteiger partial charge in [0, 0.05) is 12.7 Å². The van der Waals surface area contributed by atoms with Gasteiger partial charge in [0.2, 0.25) is 5.16 Å². The molecule has 1 N–H and O–H groups in total. The lowest BCUT2D eigenvalue weighted by atomic mass is 10.2. The Balaban J connectivity index is 2.31. The smallest absolute Gasteiger partial charge is 0.313 e. The standard InChI is InChI=1S/C11H12N4O3S/c1-18-6-8-4-2-3-5-9(8)15-11(12-13-14-15)19-7-10(16)17/h2-5H,6-7H2,1H3,(H,16,17). The number of hydrogen-bond acceptors (Lipinski definition) is 6. The summed E-state index contributed by atoms with van der Waals surface area (Å²) in [6.07, 6.45) is 0. The van der Waals surface area contributed by atoms with Gasteiger partial charge in [-0.1, -0.05) is 30.0 Å². The van der Waals surface area contributed by atoms with Gasteiger partial charge in [0.05, 0.1) is 18.0 Å². The fourth-order valence-electron chi connectivity index (χ4n) is 1.54. The van der Waals surface area contributed by atoms with Crippen LogP contribution in [0.1, 0.15) is 5.56 Å². The molecule has 0 bridgehead atoms. The summed E-state index contributed by atoms with van der Waals surface area (Å²) < 4.78 is 6.64. The number of carboxylic acids is 1. The highest BCUT2D eigenvalue weighted by Gasteiger charge is 2.13. The van der Waals surface area contributed by atoms with Crippen LogP contribution in [0.3, 0.4) is 0 Å². The van der Waals surface area contributed by atoms with Crippen LogP contribution in [0.4, 0.5) is 0 Å². The van der Waals surface area contributed by atoms with Gasteiger partial charge in [-0.3, -0.25) is 4.79 Å². The number of tetrazole rings is 1. The van der Waals surface area contributed by atoms with Crippen molar-refractivity contribution >= 4 is 17.7 Å². The second-order valence-corrected chi connectivity index (χ2v) is 4.56. The first-order valence-corrected chi connectivity index (χ1v) is 6.41. The first-order valence-electron chi connectivity index (χ1n) is 5.42. The lowest BCUT2D eigenvalue weighted by molar-refractivity contribution is -0.133. The van der Waals surface area contributed by atoms with Crippen molar-refractivity contribution in [2.45, 2.75) is 11.8 Å². The Bertz CT molecular complexity index is 573. The highest BCUT2D eigenvalue weighted by atomic mass is 32.2. The Morgan fingerprint density at radius 2 is 2.26 bits per heavy atom. The number of aliphatic carboxylic acids is 1. The second-order valence-electron chi connectivity index (χ2n) is 3.62. The molecule has 0 aliphatic rings. The SMILES string of the molecule is COCc1ccccc1-n1nnnc1SCC(=O)O. The van der Waals surface area contributed by atoms with Crippen molar-refractivity contribution in [2.24, 2.45) is 0 Å². The predicted octanol–water partition coefficient (Wildman–Crippen LogP) is 0.985. The van der Waals surface area contributed by atoms with Crippen molar-refractivity contribution in [1.29, 1.82) is 0 Å². The van der Waals surface area contributed by atoms with Gasteiger partial charge in [-0.25, -0.2) is 0 Å². The summed E-state index contributed by atoms with van der Waals surface area (Å²) in [5, 5.41) is 20.4. The normalized spacial score (nSPS) is 10.6. The van der Waals surface area contributed by atoms with E-state index in [1.807, 2.05) is 24.3 Å². The average molecular weight is 280 g/mol. The zero-order valence-corrected chi connectivity index (χ0v) is 11.0. The number of carbonyl (C=O) groups is 1. The molecule has 0 atom stereocenters. The molecule has 0 spiro atoms. The molecule has 19 heavy (non-hydrogen) atoms. The van der Waals surface area contributed by atoms with Crippen LogP contribution in [-0.2, 0) is 16.1 Å². The van der Waals surface area contributed by atoms with Crippen LogP contribution in [0.15, 0.2) is 29.4 Å². The molecule has 0 aliphatic heterocycles. The van der Waals surface area contributed by atoms with E-state index in [1.54, 1.807) is 7.11 Å². The largest absolute Gasteiger partial charge is 0.481 e. The second kappa shape index (κ2) is 6.30. The molecule has 1 heterocycles. The van der Waals surface area contributed by atoms with Crippen LogP contribution in [0.5, 0.6) is 0 Å². The minimum Gasteiger partial charge on any atom is -0.481 e. The molecule has 0 aliphatic carbocycles. The third-order valence-corrected chi connectivity index (χ3v) is 3.19. The Morgan fingerprint density at radius 3 is 3.00 bits per heavy atom. The molecule has 0 saturated carbocycles. The third kappa shape index (κ3) is 3.30. The summed E-state index contributed by atoms with van der Waals surface area (Å²) in [4.78, 5) is 10.6. The molecule has 7 nitrogen and oxygen atoms in total. The molecule has 1 aromatic heterocycles. The molecule has 1 aromatic carbocycles. The number of nitrogens with zero attached hydrogens (tertiary/aromatic N) is 4. The van der Waals surface area contributed by atoms with Crippen LogP contribution in [0.2, 0.25) is 0 Å². The van der Waals surface area contributed by atoms with Crippen molar-refractivity contribution in [3.05, 3.63) is 29.8 Å². The zero-order chi connectivity index (χ0) is 13.7. The minimum absolute atomic E-state index is 0.0905. The number of aromatic nitrogens is 4. The lowest BCUT2D eigenvalue weighted by Crippen LogP contribution is -2.06. The number of para-hydroxylation sites is 1. The van der Waals surface area contributed by atoms with Gasteiger partial charge in [-0.15, -0.1) is 5.10 Å². The van der Waals surface area contributed by atoms with E-state index >= 15 is 0 Å². The van der Waals surface area contributed by atoms with Gasteiger partial charge in [-0.05, 0) is 16.5 Å². The number of rotatable bonds is 6. The summed E-state index contributed by atoms with van der Waals surface area (Å²) in [7, 11) is 1.61. The van der Waals surface area contributed by atoms with E-state index in [2.05, 4.69) is 15.5 Å². The summed E-state index contributed by atoms with van der Waals surface area (Å²) in [6.45, 7) is 0.430. The van der Waals surface area contributed by atoms with Gasteiger partial charge in [-0.2, -0.15) is 4.68 Å². The lowest BCUT2D eigenvalue weighted by Gasteiger charge is -2.09. The zero-order valence-electron chi connectivity index (χ0n) is 10.2. The van der Waals surface area contributed by atoms with Gasteiger partial charge in [0.15, 0.2) is 0 Å². The Kier molecular flexibility index (Phi) is 4.48. The highest BCUT2D eigenvalue weighted by Crippen LogP contribution is 2.21. The maximum absolute atomic E-state index is 10.6. The molecule has 0 amide bonds. The molecule has 8 heteroatoms. The summed E-state index contributed by atoms with van der Waals surface area (Å²) in [5.74, 6) is -1.00. The van der Waals surface area contributed by atoms with Crippen molar-refractivity contribution in [3.8, 4) is 5.69 Å². The molecule has 0 unspecified atom stereocenters. The summed E-state index contributed by atoms with van der Waals surface area (Å²) in [5.41, 5.74) is 1.71. The number of hydrogen-bond donors (Lipinski definition) is 1. The Labute approximate surface area is 113 Å². The maximum atomic E-state index is 10.6. The maximum Gasteiger partial charge on any atom is 0.313 e. The minimum atomic E-state index is -0.912. The fraction of sp³-hybridized carbons (Fsp3) is 0.273. The first-order chi connectivity index (χ1) is 9.22. The van der Waals surface area contributed by atoms with Crippen LogP contribution >= 0.6 is 11.8 Å². The van der Waals surface area contributed by atoms with Gasteiger partial charge >= 0.3 is 5.97 Å². The topological polar surface area (TPSA) is 90.1 Å². The van der Waals surface area contributed by atoms with E-state index in [9.17, 15) is 4.79 Å². The number of methoxy groups -OCH3 is 1. The third-order valence-electron chi connectivity index (χ3n) is 2.29. The molecule has 0 radical (unpaired) electrons. The molecule has 100 valence electrons. The molecular formula is C11H12N4O3S. The van der Waals surface area contributed by atoms with Crippen molar-refractivity contribution in [1.82, 2.24) is 20.2 Å². The summed E-state index contributed by atoms with van der Waals surface area (Å²) in [6, 6.07) is 7.52. The number of benzene rings is 1. The van der Waals surface area contributed by atoms with E-state index < -0.39 is 5.97 Å². The Hall–Kier alpha value is -1.93. The van der Waals surface area contributed by atoms with Gasteiger partial charge in [0.1, 0.15) is 0 Å². The van der Waals surface area contributed by atoms with E-state index in [-0.39, 0.29) is 5.75 Å². The summed E-state index contributed by atoms with van der Waals surface area (Å²) >= 11 is 1.07. The number of carboxylic acid groups (broad SMARTS) is 1. The fourth-order valence-corrected chi connectivity index (χ4v) is 2.15. The molecule has 0 fully saturated rings. The first kappa shape index (κ1) is 13.5. The number of ether oxygens (including phenoxy) is 1.